The summed E-state index contributed by atoms with van der Waals surface area (Å²) in [5.41, 5.74) is 0.378. The molecule has 0 N–H and O–H groups in total. The molecule has 5 rings (SSSR count). The third kappa shape index (κ3) is 2.83. The van der Waals surface area contributed by atoms with Gasteiger partial charge >= 0.3 is 12.2 Å². The fraction of sp³-hybridized carbons (Fsp3) is 0.348. The number of imide groups is 1. The number of nitrogens with zero attached hydrogens (tertiary/aromatic N) is 3. The van der Waals surface area contributed by atoms with E-state index in [9.17, 15) is 27.6 Å². The van der Waals surface area contributed by atoms with Crippen LogP contribution in [0.25, 0.3) is 0 Å². The van der Waals surface area contributed by atoms with Gasteiger partial charge in [-0.2, -0.15) is 13.2 Å². The molecule has 0 aromatic heterocycles. The van der Waals surface area contributed by atoms with E-state index in [1.807, 2.05) is 19.9 Å². The second-order valence-corrected chi connectivity index (χ2v) is 8.60. The minimum Gasteiger partial charge on any atom is -0.331 e. The van der Waals surface area contributed by atoms with Gasteiger partial charge in [-0.15, -0.1) is 0 Å². The molecule has 3 heterocycles. The van der Waals surface area contributed by atoms with Crippen LogP contribution in [-0.2, 0) is 11.0 Å². The highest BCUT2D eigenvalue weighted by Gasteiger charge is 2.66. The van der Waals surface area contributed by atoms with E-state index in [0.29, 0.717) is 5.56 Å². The highest BCUT2D eigenvalue weighted by Crippen LogP contribution is 2.46. The molecule has 2 aromatic carbocycles. The van der Waals surface area contributed by atoms with Crippen LogP contribution in [0.1, 0.15) is 28.4 Å². The Labute approximate surface area is 182 Å². The van der Waals surface area contributed by atoms with Crippen molar-refractivity contribution in [3.8, 4) is 0 Å². The van der Waals surface area contributed by atoms with Crippen LogP contribution in [0.15, 0.2) is 48.5 Å². The minimum absolute atomic E-state index is 0.118. The number of piperazine rings is 1. The quantitative estimate of drug-likeness (QED) is 0.666. The summed E-state index contributed by atoms with van der Waals surface area (Å²) in [6.07, 6.45) is -4.59. The Hall–Kier alpha value is -3.36. The van der Waals surface area contributed by atoms with E-state index in [1.165, 1.54) is 17.0 Å². The van der Waals surface area contributed by atoms with Crippen LogP contribution in [0, 0.1) is 12.8 Å². The number of carbonyl (C=O) groups is 3. The van der Waals surface area contributed by atoms with Gasteiger partial charge in [0.15, 0.2) is 0 Å². The van der Waals surface area contributed by atoms with Crippen LogP contribution in [0.3, 0.4) is 0 Å². The second kappa shape index (κ2) is 6.82. The van der Waals surface area contributed by atoms with Gasteiger partial charge in [0.25, 0.3) is 11.8 Å². The molecule has 166 valence electrons. The first-order chi connectivity index (χ1) is 15.1. The van der Waals surface area contributed by atoms with Gasteiger partial charge in [-0.1, -0.05) is 30.7 Å². The first kappa shape index (κ1) is 20.5. The molecule has 0 spiro atoms. The number of amides is 4. The fourth-order valence-electron chi connectivity index (χ4n) is 5.26. The zero-order valence-electron chi connectivity index (χ0n) is 17.3. The summed E-state index contributed by atoms with van der Waals surface area (Å²) in [5.74, 6) is -0.939. The van der Waals surface area contributed by atoms with Crippen LogP contribution in [-0.4, -0.2) is 52.3 Å². The van der Waals surface area contributed by atoms with Crippen molar-refractivity contribution >= 4 is 23.5 Å². The summed E-state index contributed by atoms with van der Waals surface area (Å²) in [7, 11) is 0. The first-order valence-electron chi connectivity index (χ1n) is 10.3. The monoisotopic (exact) mass is 443 g/mol. The number of anilines is 1. The Morgan fingerprint density at radius 1 is 1.06 bits per heavy atom. The molecule has 2 unspecified atom stereocenters. The Morgan fingerprint density at radius 2 is 1.78 bits per heavy atom. The molecule has 0 radical (unpaired) electrons. The summed E-state index contributed by atoms with van der Waals surface area (Å²) in [6.45, 7) is 4.06. The van der Waals surface area contributed by atoms with Crippen molar-refractivity contribution in [3.63, 3.8) is 0 Å². The third-order valence-corrected chi connectivity index (χ3v) is 6.71. The molecule has 9 heteroatoms. The lowest BCUT2D eigenvalue weighted by atomic mass is 9.98. The molecule has 2 aromatic rings. The molecule has 3 saturated heterocycles. The lowest BCUT2D eigenvalue weighted by molar-refractivity contribution is -0.137. The van der Waals surface area contributed by atoms with Crippen LogP contribution in [0.2, 0.25) is 0 Å². The Balaban J connectivity index is 1.48. The predicted molar refractivity (Wildman–Crippen MR) is 109 cm³/mol. The standard InChI is InChI=1S/C23H20F3N3O3/c1-12-5-3-6-14(9-12)20(30)27-11-17-13(2)18(27)19-21(31)28(22(32)29(17)19)16-8-4-7-15(10-16)23(24,25)26/h3-10,13,17-19H,11H2,1-2H3/t13-,17?,18?,19-/m1/s1. The van der Waals surface area contributed by atoms with E-state index in [4.69, 9.17) is 0 Å². The van der Waals surface area contributed by atoms with Gasteiger partial charge in [-0.25, -0.2) is 9.69 Å². The molecule has 3 fully saturated rings. The van der Waals surface area contributed by atoms with E-state index in [1.54, 1.807) is 23.1 Å². The van der Waals surface area contributed by atoms with Gasteiger partial charge in [-0.3, -0.25) is 9.59 Å². The molecule has 0 aliphatic carbocycles. The van der Waals surface area contributed by atoms with Crippen LogP contribution < -0.4 is 4.90 Å². The van der Waals surface area contributed by atoms with E-state index < -0.39 is 35.8 Å². The Kier molecular flexibility index (Phi) is 4.38. The number of fused-ring (bicyclic) bond motifs is 5. The number of urea groups is 1. The summed E-state index contributed by atoms with van der Waals surface area (Å²) in [6, 6.07) is 8.89. The zero-order valence-corrected chi connectivity index (χ0v) is 17.3. The van der Waals surface area contributed by atoms with Crippen molar-refractivity contribution in [1.29, 1.82) is 0 Å². The van der Waals surface area contributed by atoms with E-state index in [-0.39, 0.29) is 30.1 Å². The highest BCUT2D eigenvalue weighted by atomic mass is 19.4. The van der Waals surface area contributed by atoms with Crippen LogP contribution >= 0.6 is 0 Å². The normalized spacial score (nSPS) is 26.8. The zero-order chi connectivity index (χ0) is 22.9. The van der Waals surface area contributed by atoms with Gasteiger partial charge < -0.3 is 9.80 Å². The van der Waals surface area contributed by atoms with Crippen LogP contribution in [0.5, 0.6) is 0 Å². The lowest BCUT2D eigenvalue weighted by Gasteiger charge is -2.35. The molecule has 3 aliphatic rings. The molecule has 4 atom stereocenters. The minimum atomic E-state index is -4.59. The maximum atomic E-state index is 13.3. The summed E-state index contributed by atoms with van der Waals surface area (Å²) in [4.78, 5) is 43.5. The van der Waals surface area contributed by atoms with Crippen molar-refractivity contribution in [2.75, 3.05) is 11.4 Å². The largest absolute Gasteiger partial charge is 0.416 e. The van der Waals surface area contributed by atoms with Crippen molar-refractivity contribution in [2.45, 2.75) is 38.1 Å². The second-order valence-electron chi connectivity index (χ2n) is 8.60. The third-order valence-electron chi connectivity index (χ3n) is 6.71. The summed E-state index contributed by atoms with van der Waals surface area (Å²) >= 11 is 0. The first-order valence-corrected chi connectivity index (χ1v) is 10.3. The molecular formula is C23H20F3N3O3. The maximum absolute atomic E-state index is 13.3. The maximum Gasteiger partial charge on any atom is 0.416 e. The summed E-state index contributed by atoms with van der Waals surface area (Å²) < 4.78 is 39.5. The average Bonchev–Trinajstić information content (AvgIpc) is 3.32. The highest BCUT2D eigenvalue weighted by molar-refractivity contribution is 6.22. The molecule has 2 bridgehead atoms. The predicted octanol–water partition coefficient (Wildman–Crippen LogP) is 3.69. The number of carbonyl (C=O) groups excluding carboxylic acids is 3. The number of aryl methyl sites for hydroxylation is 1. The molecule has 32 heavy (non-hydrogen) atoms. The average molecular weight is 443 g/mol. The number of likely N-dealkylation sites (tertiary alicyclic amines) is 1. The fourth-order valence-corrected chi connectivity index (χ4v) is 5.26. The Morgan fingerprint density at radius 3 is 2.47 bits per heavy atom. The van der Waals surface area contributed by atoms with Crippen molar-refractivity contribution < 1.29 is 27.6 Å². The van der Waals surface area contributed by atoms with Crippen molar-refractivity contribution in [2.24, 2.45) is 5.92 Å². The number of rotatable bonds is 2. The Bertz CT molecular complexity index is 1150. The topological polar surface area (TPSA) is 60.9 Å². The number of hydrogen-bond acceptors (Lipinski definition) is 3. The van der Waals surface area contributed by atoms with Gasteiger partial charge in [-0.05, 0) is 37.3 Å². The molecule has 6 nitrogen and oxygen atoms in total. The van der Waals surface area contributed by atoms with E-state index in [0.717, 1.165) is 22.6 Å². The van der Waals surface area contributed by atoms with E-state index >= 15 is 0 Å². The van der Waals surface area contributed by atoms with Gasteiger partial charge in [0.05, 0.1) is 23.3 Å². The van der Waals surface area contributed by atoms with Gasteiger partial charge in [0, 0.05) is 18.0 Å². The molecule has 0 saturated carbocycles. The van der Waals surface area contributed by atoms with Crippen LogP contribution in [0.4, 0.5) is 23.7 Å². The van der Waals surface area contributed by atoms with Gasteiger partial charge in [0.1, 0.15) is 6.04 Å². The SMILES string of the molecule is Cc1cccc(C(=O)N2CC3[C@@H](C)C2[C@@H]2C(=O)N(c4cccc(C(F)(F)F)c4)C(=O)N32)c1. The summed E-state index contributed by atoms with van der Waals surface area (Å²) in [5, 5.41) is 0. The van der Waals surface area contributed by atoms with E-state index in [2.05, 4.69) is 0 Å². The number of benzene rings is 2. The molecule has 3 aliphatic heterocycles. The van der Waals surface area contributed by atoms with Gasteiger partial charge in [0.2, 0.25) is 0 Å². The lowest BCUT2D eigenvalue weighted by Crippen LogP contribution is -2.55. The smallest absolute Gasteiger partial charge is 0.331 e. The number of halogens is 3. The number of hydrogen-bond donors (Lipinski definition) is 0. The molecule has 4 amide bonds. The number of alkyl halides is 3. The molecular weight excluding hydrogens is 423 g/mol. The van der Waals surface area contributed by atoms with Crippen molar-refractivity contribution in [3.05, 3.63) is 65.2 Å². The van der Waals surface area contributed by atoms with Crippen molar-refractivity contribution in [1.82, 2.24) is 9.80 Å².